The minimum Gasteiger partial charge on any atom is -0.495 e. The first-order chi connectivity index (χ1) is 7.78. The van der Waals surface area contributed by atoms with Crippen molar-refractivity contribution in [3.05, 3.63) is 28.3 Å². The zero-order valence-corrected chi connectivity index (χ0v) is 9.82. The molecule has 0 bridgehead atoms. The van der Waals surface area contributed by atoms with Gasteiger partial charge in [-0.15, -0.1) is 0 Å². The Morgan fingerprint density at radius 3 is 2.35 bits per heavy atom. The molecule has 0 unspecified atom stereocenters. The molecule has 0 radical (unpaired) electrons. The van der Waals surface area contributed by atoms with Gasteiger partial charge in [0.15, 0.2) is 0 Å². The lowest BCUT2D eigenvalue weighted by Gasteiger charge is -2.18. The second-order valence-corrected chi connectivity index (χ2v) is 4.60. The molecule has 94 valence electrons. The fourth-order valence-electron chi connectivity index (χ4n) is 1.74. The predicted molar refractivity (Wildman–Crippen MR) is 58.1 cm³/mol. The smallest absolute Gasteiger partial charge is 0.416 e. The Labute approximate surface area is 102 Å². The summed E-state index contributed by atoms with van der Waals surface area (Å²) in [5, 5.41) is -0.0611. The van der Waals surface area contributed by atoms with Gasteiger partial charge in [0.25, 0.3) is 0 Å². The van der Waals surface area contributed by atoms with E-state index in [4.69, 9.17) is 22.1 Å². The molecule has 0 saturated heterocycles. The topological polar surface area (TPSA) is 35.2 Å². The van der Waals surface area contributed by atoms with Crippen LogP contribution >= 0.6 is 11.6 Å². The SMILES string of the molecule is COc1c(Cl)cc(C(F)(F)F)cc1C1(N)CC1. The molecule has 2 N–H and O–H groups in total. The summed E-state index contributed by atoms with van der Waals surface area (Å²) >= 11 is 5.79. The van der Waals surface area contributed by atoms with Crippen LogP contribution < -0.4 is 10.5 Å². The van der Waals surface area contributed by atoms with Crippen molar-refractivity contribution in [1.29, 1.82) is 0 Å². The Kier molecular flexibility index (Phi) is 2.78. The lowest BCUT2D eigenvalue weighted by molar-refractivity contribution is -0.137. The molecule has 2 nitrogen and oxygen atoms in total. The maximum atomic E-state index is 12.7. The van der Waals surface area contributed by atoms with Crippen molar-refractivity contribution < 1.29 is 17.9 Å². The van der Waals surface area contributed by atoms with Crippen LogP contribution in [0.15, 0.2) is 12.1 Å². The first-order valence-corrected chi connectivity index (χ1v) is 5.40. The lowest BCUT2D eigenvalue weighted by Crippen LogP contribution is -2.21. The number of benzene rings is 1. The normalized spacial score (nSPS) is 18.0. The Balaban J connectivity index is 2.59. The van der Waals surface area contributed by atoms with E-state index in [0.29, 0.717) is 18.4 Å². The maximum absolute atomic E-state index is 12.7. The summed E-state index contributed by atoms with van der Waals surface area (Å²) in [7, 11) is 1.36. The maximum Gasteiger partial charge on any atom is 0.416 e. The highest BCUT2D eigenvalue weighted by molar-refractivity contribution is 6.32. The Hall–Kier alpha value is -0.940. The first kappa shape index (κ1) is 12.5. The molecule has 0 amide bonds. The van der Waals surface area contributed by atoms with Gasteiger partial charge in [0.05, 0.1) is 17.7 Å². The number of methoxy groups -OCH3 is 1. The van der Waals surface area contributed by atoms with Crippen LogP contribution in [0.25, 0.3) is 0 Å². The molecule has 1 aromatic rings. The molecule has 0 spiro atoms. The predicted octanol–water partition coefficient (Wildman–Crippen LogP) is 3.32. The van der Waals surface area contributed by atoms with Crippen molar-refractivity contribution in [3.63, 3.8) is 0 Å². The van der Waals surface area contributed by atoms with Crippen molar-refractivity contribution in [3.8, 4) is 5.75 Å². The summed E-state index contributed by atoms with van der Waals surface area (Å²) in [4.78, 5) is 0. The summed E-state index contributed by atoms with van der Waals surface area (Å²) in [5.41, 5.74) is 4.73. The third kappa shape index (κ3) is 2.21. The van der Waals surface area contributed by atoms with Gasteiger partial charge in [0.2, 0.25) is 0 Å². The van der Waals surface area contributed by atoms with Gasteiger partial charge in [-0.3, -0.25) is 0 Å². The van der Waals surface area contributed by atoms with Gasteiger partial charge in [-0.1, -0.05) is 11.6 Å². The van der Waals surface area contributed by atoms with E-state index in [-0.39, 0.29) is 10.8 Å². The van der Waals surface area contributed by atoms with E-state index < -0.39 is 17.3 Å². The van der Waals surface area contributed by atoms with Crippen molar-refractivity contribution in [2.45, 2.75) is 24.6 Å². The van der Waals surface area contributed by atoms with E-state index in [1.54, 1.807) is 0 Å². The molecule has 1 aliphatic rings. The van der Waals surface area contributed by atoms with Crippen molar-refractivity contribution in [1.82, 2.24) is 0 Å². The number of ether oxygens (including phenoxy) is 1. The van der Waals surface area contributed by atoms with E-state index >= 15 is 0 Å². The van der Waals surface area contributed by atoms with Gasteiger partial charge in [-0.25, -0.2) is 0 Å². The average molecular weight is 266 g/mol. The van der Waals surface area contributed by atoms with Crippen molar-refractivity contribution >= 4 is 11.6 Å². The van der Waals surface area contributed by atoms with Crippen LogP contribution in [-0.4, -0.2) is 7.11 Å². The fourth-order valence-corrected chi connectivity index (χ4v) is 2.03. The molecule has 1 saturated carbocycles. The summed E-state index contributed by atoms with van der Waals surface area (Å²) in [5.74, 6) is 0.236. The Morgan fingerprint density at radius 2 is 1.94 bits per heavy atom. The first-order valence-electron chi connectivity index (χ1n) is 5.02. The summed E-state index contributed by atoms with van der Waals surface area (Å²) in [6.07, 6.45) is -3.15. The molecular weight excluding hydrogens is 255 g/mol. The summed E-state index contributed by atoms with van der Waals surface area (Å²) in [6, 6.07) is 1.88. The monoisotopic (exact) mass is 265 g/mol. The molecule has 0 atom stereocenters. The average Bonchev–Trinajstić information content (AvgIpc) is 2.95. The zero-order valence-electron chi connectivity index (χ0n) is 9.07. The van der Waals surface area contributed by atoms with Crippen LogP contribution in [0.5, 0.6) is 5.75 Å². The van der Waals surface area contributed by atoms with Gasteiger partial charge in [-0.2, -0.15) is 13.2 Å². The van der Waals surface area contributed by atoms with Crippen molar-refractivity contribution in [2.75, 3.05) is 7.11 Å². The summed E-state index contributed by atoms with van der Waals surface area (Å²) < 4.78 is 43.0. The summed E-state index contributed by atoms with van der Waals surface area (Å²) in [6.45, 7) is 0. The number of halogens is 4. The molecule has 17 heavy (non-hydrogen) atoms. The molecule has 0 aromatic heterocycles. The Bertz CT molecular complexity index is 455. The highest BCUT2D eigenvalue weighted by atomic mass is 35.5. The number of hydrogen-bond donors (Lipinski definition) is 1. The van der Waals surface area contributed by atoms with Crippen LogP contribution in [-0.2, 0) is 11.7 Å². The quantitative estimate of drug-likeness (QED) is 0.890. The number of alkyl halides is 3. The zero-order chi connectivity index (χ0) is 12.8. The van der Waals surface area contributed by atoms with E-state index in [1.165, 1.54) is 7.11 Å². The van der Waals surface area contributed by atoms with Gasteiger partial charge in [0.1, 0.15) is 5.75 Å². The highest BCUT2D eigenvalue weighted by Crippen LogP contribution is 2.50. The Morgan fingerprint density at radius 1 is 1.35 bits per heavy atom. The fraction of sp³-hybridized carbons (Fsp3) is 0.455. The molecule has 1 fully saturated rings. The second-order valence-electron chi connectivity index (χ2n) is 4.19. The molecule has 0 aliphatic heterocycles. The second kappa shape index (κ2) is 3.78. The minimum absolute atomic E-state index is 0.0611. The minimum atomic E-state index is -4.43. The van der Waals surface area contributed by atoms with Gasteiger partial charge in [0, 0.05) is 11.1 Å². The molecule has 0 heterocycles. The van der Waals surface area contributed by atoms with Crippen LogP contribution in [0, 0.1) is 0 Å². The van der Waals surface area contributed by atoms with Crippen LogP contribution in [0.2, 0.25) is 5.02 Å². The van der Waals surface area contributed by atoms with E-state index in [1.807, 2.05) is 0 Å². The van der Waals surface area contributed by atoms with E-state index in [2.05, 4.69) is 0 Å². The molecular formula is C11H11ClF3NO. The number of hydrogen-bond acceptors (Lipinski definition) is 2. The third-order valence-corrected chi connectivity index (χ3v) is 3.18. The van der Waals surface area contributed by atoms with Gasteiger partial charge >= 0.3 is 6.18 Å². The largest absolute Gasteiger partial charge is 0.495 e. The van der Waals surface area contributed by atoms with E-state index in [0.717, 1.165) is 12.1 Å². The molecule has 1 aliphatic carbocycles. The van der Waals surface area contributed by atoms with Gasteiger partial charge in [-0.05, 0) is 25.0 Å². The third-order valence-electron chi connectivity index (χ3n) is 2.90. The number of rotatable bonds is 2. The molecule has 6 heteroatoms. The van der Waals surface area contributed by atoms with E-state index in [9.17, 15) is 13.2 Å². The molecule has 2 rings (SSSR count). The van der Waals surface area contributed by atoms with Crippen LogP contribution in [0.4, 0.5) is 13.2 Å². The van der Waals surface area contributed by atoms with Crippen LogP contribution in [0.1, 0.15) is 24.0 Å². The molecule has 1 aromatic carbocycles. The van der Waals surface area contributed by atoms with Crippen molar-refractivity contribution in [2.24, 2.45) is 5.73 Å². The number of nitrogens with two attached hydrogens (primary N) is 1. The van der Waals surface area contributed by atoms with Crippen LogP contribution in [0.3, 0.4) is 0 Å². The standard InChI is InChI=1S/C11H11ClF3NO/c1-17-9-7(10(16)2-3-10)4-6(5-8(9)12)11(13,14)15/h4-5H,2-3,16H2,1H3. The van der Waals surface area contributed by atoms with Gasteiger partial charge < -0.3 is 10.5 Å². The lowest BCUT2D eigenvalue weighted by atomic mass is 10.0. The highest BCUT2D eigenvalue weighted by Gasteiger charge is 2.44.